The van der Waals surface area contributed by atoms with E-state index < -0.39 is 17.7 Å². The monoisotopic (exact) mass is 548 g/mol. The molecule has 1 aromatic heterocycles. The topological polar surface area (TPSA) is 77.5 Å². The summed E-state index contributed by atoms with van der Waals surface area (Å²) in [7, 11) is 0. The number of pyridine rings is 1. The van der Waals surface area contributed by atoms with Gasteiger partial charge in [0.25, 0.3) is 0 Å². The van der Waals surface area contributed by atoms with Crippen LogP contribution in [0, 0.1) is 34.5 Å². The Morgan fingerprint density at radius 3 is 2.48 bits per heavy atom. The Balaban J connectivity index is 1.26. The molecule has 1 amide bonds. The molecule has 40 heavy (non-hydrogen) atoms. The summed E-state index contributed by atoms with van der Waals surface area (Å²) in [4.78, 5) is 30.0. The van der Waals surface area contributed by atoms with E-state index in [9.17, 15) is 9.59 Å². The molecule has 7 atom stereocenters. The van der Waals surface area contributed by atoms with Crippen molar-refractivity contribution < 1.29 is 19.1 Å². The molecule has 0 spiro atoms. The second kappa shape index (κ2) is 10.6. The highest BCUT2D eigenvalue weighted by molar-refractivity contribution is 5.82. The number of esters is 1. The van der Waals surface area contributed by atoms with Crippen LogP contribution in [-0.4, -0.2) is 34.8 Å². The number of amides is 1. The average Bonchev–Trinajstić information content (AvgIpc) is 3.24. The van der Waals surface area contributed by atoms with Crippen molar-refractivity contribution in [3.05, 3.63) is 47.8 Å². The molecule has 0 aliphatic heterocycles. The molecule has 0 aromatic carbocycles. The van der Waals surface area contributed by atoms with Crippen LogP contribution in [0.15, 0.2) is 42.3 Å². The molecular formula is C34H48N2O4. The van der Waals surface area contributed by atoms with Crippen LogP contribution in [0.25, 0.3) is 5.57 Å². The zero-order valence-electron chi connectivity index (χ0n) is 25.5. The van der Waals surface area contributed by atoms with Crippen LogP contribution in [0.1, 0.15) is 99.0 Å². The van der Waals surface area contributed by atoms with E-state index in [1.165, 1.54) is 29.6 Å². The molecule has 5 rings (SSSR count). The molecule has 2 saturated carbocycles. The first kappa shape index (κ1) is 28.9. The number of carbonyl (C=O) groups excluding carboxylic acids is 2. The number of alkyl carbamates (subject to hydrolysis) is 1. The van der Waals surface area contributed by atoms with Crippen molar-refractivity contribution in [2.45, 2.75) is 111 Å². The summed E-state index contributed by atoms with van der Waals surface area (Å²) in [5, 5.41) is 2.74. The van der Waals surface area contributed by atoms with E-state index in [0.29, 0.717) is 17.8 Å². The summed E-state index contributed by atoms with van der Waals surface area (Å²) in [6, 6.07) is 3.54. The molecule has 2 fully saturated rings. The van der Waals surface area contributed by atoms with Crippen LogP contribution in [0.3, 0.4) is 0 Å². The van der Waals surface area contributed by atoms with Gasteiger partial charge in [0.2, 0.25) is 0 Å². The standard InChI is InChI=1S/C34H48N2O4/c1-21(2)29(36-31(38)40-32(3,4)5)30(37)39-24-14-16-33(6)23(19-24)10-11-25-27-13-12-26(22-9-8-18-35-20-22)34(27,7)17-15-28(25)33/h8-10,12,18,20-21,24-25,27-29H,11,13-17,19H2,1-7H3,(H,36,38)/t24-,25-,27-,28-,29-,33-,34+/m0/s1. The van der Waals surface area contributed by atoms with E-state index in [1.54, 1.807) is 0 Å². The summed E-state index contributed by atoms with van der Waals surface area (Å²) < 4.78 is 11.4. The molecule has 1 N–H and O–H groups in total. The molecular weight excluding hydrogens is 500 g/mol. The van der Waals surface area contributed by atoms with Crippen molar-refractivity contribution in [3.63, 3.8) is 0 Å². The van der Waals surface area contributed by atoms with Gasteiger partial charge in [-0.2, -0.15) is 0 Å². The third-order valence-electron chi connectivity index (χ3n) is 10.5. The Bertz CT molecular complexity index is 1180. The lowest BCUT2D eigenvalue weighted by atomic mass is 9.47. The van der Waals surface area contributed by atoms with E-state index in [4.69, 9.17) is 9.47 Å². The summed E-state index contributed by atoms with van der Waals surface area (Å²) in [6.45, 7) is 14.2. The summed E-state index contributed by atoms with van der Waals surface area (Å²) in [6.07, 6.45) is 15.6. The third-order valence-corrected chi connectivity index (χ3v) is 10.5. The maximum atomic E-state index is 13.2. The van der Waals surface area contributed by atoms with Crippen molar-refractivity contribution >= 4 is 17.6 Å². The van der Waals surface area contributed by atoms with Crippen molar-refractivity contribution in [3.8, 4) is 0 Å². The van der Waals surface area contributed by atoms with Gasteiger partial charge in [0, 0.05) is 18.8 Å². The highest BCUT2D eigenvalue weighted by Crippen LogP contribution is 2.66. The maximum absolute atomic E-state index is 13.2. The zero-order chi connectivity index (χ0) is 28.9. The Kier molecular flexibility index (Phi) is 7.69. The Labute approximate surface area is 240 Å². The van der Waals surface area contributed by atoms with Crippen LogP contribution in [0.2, 0.25) is 0 Å². The Morgan fingerprint density at radius 2 is 1.80 bits per heavy atom. The van der Waals surface area contributed by atoms with E-state index in [0.717, 1.165) is 32.1 Å². The normalized spacial score (nSPS) is 34.0. The third kappa shape index (κ3) is 5.35. The van der Waals surface area contributed by atoms with Crippen molar-refractivity contribution in [2.24, 2.45) is 34.5 Å². The van der Waals surface area contributed by atoms with Crippen LogP contribution >= 0.6 is 0 Å². The quantitative estimate of drug-likeness (QED) is 0.305. The molecule has 0 bridgehead atoms. The minimum absolute atomic E-state index is 0.100. The van der Waals surface area contributed by atoms with E-state index in [1.807, 2.05) is 47.0 Å². The maximum Gasteiger partial charge on any atom is 0.408 e. The first-order valence-corrected chi connectivity index (χ1v) is 15.3. The predicted octanol–water partition coefficient (Wildman–Crippen LogP) is 7.50. The molecule has 0 unspecified atom stereocenters. The largest absolute Gasteiger partial charge is 0.461 e. The molecule has 4 aliphatic rings. The molecule has 218 valence electrons. The smallest absolute Gasteiger partial charge is 0.408 e. The number of rotatable bonds is 5. The number of aromatic nitrogens is 1. The van der Waals surface area contributed by atoms with Crippen molar-refractivity contribution in [2.75, 3.05) is 0 Å². The van der Waals surface area contributed by atoms with Gasteiger partial charge in [-0.1, -0.05) is 51.5 Å². The molecule has 1 aromatic rings. The highest BCUT2D eigenvalue weighted by atomic mass is 16.6. The minimum atomic E-state index is -0.729. The van der Waals surface area contributed by atoms with Crippen molar-refractivity contribution in [1.29, 1.82) is 0 Å². The second-order valence-corrected chi connectivity index (χ2v) is 14.5. The van der Waals surface area contributed by atoms with Crippen LogP contribution in [0.5, 0.6) is 0 Å². The SMILES string of the molecule is CC(C)[C@H](NC(=O)OC(C)(C)C)C(=O)O[C@H]1CC[C@@]2(C)C(=CC[C@@H]3[C@@H]2CC[C@]2(C)C(c4cccnc4)=CC[C@@H]32)C1. The highest BCUT2D eigenvalue weighted by Gasteiger charge is 2.57. The van der Waals surface area contributed by atoms with Crippen LogP contribution in [0.4, 0.5) is 4.79 Å². The Hall–Kier alpha value is -2.63. The molecule has 6 nitrogen and oxygen atoms in total. The first-order valence-electron chi connectivity index (χ1n) is 15.3. The molecule has 6 heteroatoms. The fourth-order valence-electron chi connectivity index (χ4n) is 8.43. The molecule has 0 saturated heterocycles. The Morgan fingerprint density at radius 1 is 1.05 bits per heavy atom. The number of ether oxygens (including phenoxy) is 2. The summed E-state index contributed by atoms with van der Waals surface area (Å²) >= 11 is 0. The fourth-order valence-corrected chi connectivity index (χ4v) is 8.43. The number of carbonyl (C=O) groups is 2. The lowest BCUT2D eigenvalue weighted by Gasteiger charge is -2.58. The molecule has 0 radical (unpaired) electrons. The fraction of sp³-hybridized carbons (Fsp3) is 0.676. The van der Waals surface area contributed by atoms with Crippen LogP contribution < -0.4 is 5.32 Å². The van der Waals surface area contributed by atoms with Gasteiger partial charge in [-0.05, 0) is 111 Å². The number of nitrogens with zero attached hydrogens (tertiary/aromatic N) is 1. The summed E-state index contributed by atoms with van der Waals surface area (Å²) in [5.74, 6) is 1.55. The van der Waals surface area contributed by atoms with E-state index in [2.05, 4.69) is 48.4 Å². The van der Waals surface area contributed by atoms with Gasteiger partial charge in [-0.15, -0.1) is 0 Å². The molecule has 1 heterocycles. The average molecular weight is 549 g/mol. The first-order chi connectivity index (χ1) is 18.8. The van der Waals surface area contributed by atoms with E-state index in [-0.39, 0.29) is 28.8 Å². The van der Waals surface area contributed by atoms with E-state index >= 15 is 0 Å². The van der Waals surface area contributed by atoms with Gasteiger partial charge >= 0.3 is 12.1 Å². The van der Waals surface area contributed by atoms with Crippen LogP contribution in [-0.2, 0) is 14.3 Å². The van der Waals surface area contributed by atoms with Gasteiger partial charge < -0.3 is 14.8 Å². The van der Waals surface area contributed by atoms with Crippen molar-refractivity contribution in [1.82, 2.24) is 10.3 Å². The second-order valence-electron chi connectivity index (χ2n) is 14.5. The zero-order valence-corrected chi connectivity index (χ0v) is 25.5. The number of hydrogen-bond acceptors (Lipinski definition) is 5. The lowest BCUT2D eigenvalue weighted by molar-refractivity contribution is -0.155. The predicted molar refractivity (Wildman–Crippen MR) is 157 cm³/mol. The number of allylic oxidation sites excluding steroid dienone is 3. The lowest BCUT2D eigenvalue weighted by Crippen LogP contribution is -2.51. The van der Waals surface area contributed by atoms with Gasteiger partial charge in [0.1, 0.15) is 17.7 Å². The van der Waals surface area contributed by atoms with Gasteiger partial charge in [-0.3, -0.25) is 4.98 Å². The number of fused-ring (bicyclic) bond motifs is 5. The van der Waals surface area contributed by atoms with Gasteiger partial charge in [-0.25, -0.2) is 9.59 Å². The van der Waals surface area contributed by atoms with Gasteiger partial charge in [0.05, 0.1) is 0 Å². The summed E-state index contributed by atoms with van der Waals surface area (Å²) in [5.41, 5.74) is 4.01. The number of nitrogens with one attached hydrogen (secondary N) is 1. The molecule has 4 aliphatic carbocycles. The number of hydrogen-bond donors (Lipinski definition) is 1. The van der Waals surface area contributed by atoms with Gasteiger partial charge in [0.15, 0.2) is 0 Å². The minimum Gasteiger partial charge on any atom is -0.461 e.